The predicted octanol–water partition coefficient (Wildman–Crippen LogP) is 4.70. The molecule has 0 spiro atoms. The second kappa shape index (κ2) is 7.24. The molecule has 1 saturated carbocycles. The van der Waals surface area contributed by atoms with Gasteiger partial charge in [-0.15, -0.1) is 0 Å². The second-order valence-electron chi connectivity index (χ2n) is 7.02. The molecule has 132 valence electrons. The molecule has 4 nitrogen and oxygen atoms in total. The van der Waals surface area contributed by atoms with E-state index in [2.05, 4.69) is 4.98 Å². The monoisotopic (exact) mass is 345 g/mol. The zero-order chi connectivity index (χ0) is 17.9. The standard InChI is InChI=1S/C22H23N3O/c1-25(17-9-3-2-4-10-17)22(26)19-14-21(16-8-7-13-23-15-16)24-20-12-6-5-11-18(19)20/h5-8,11-15,17H,2-4,9-10H2,1H3. The molecule has 1 aliphatic rings. The number of aromatic nitrogens is 2. The summed E-state index contributed by atoms with van der Waals surface area (Å²) in [6, 6.07) is 14.0. The normalized spacial score (nSPS) is 15.1. The number of amides is 1. The molecule has 0 bridgehead atoms. The minimum atomic E-state index is 0.0839. The lowest BCUT2D eigenvalue weighted by molar-refractivity contribution is 0.0698. The van der Waals surface area contributed by atoms with Gasteiger partial charge in [0.15, 0.2) is 0 Å². The van der Waals surface area contributed by atoms with E-state index >= 15 is 0 Å². The highest BCUT2D eigenvalue weighted by Crippen LogP contribution is 2.28. The molecule has 1 aliphatic carbocycles. The van der Waals surface area contributed by atoms with Crippen LogP contribution in [0, 0.1) is 0 Å². The van der Waals surface area contributed by atoms with Crippen molar-refractivity contribution < 1.29 is 4.79 Å². The Morgan fingerprint density at radius 2 is 1.88 bits per heavy atom. The Morgan fingerprint density at radius 1 is 1.08 bits per heavy atom. The lowest BCUT2D eigenvalue weighted by Crippen LogP contribution is -2.38. The minimum absolute atomic E-state index is 0.0839. The third-order valence-electron chi connectivity index (χ3n) is 5.35. The molecule has 0 N–H and O–H groups in total. The van der Waals surface area contributed by atoms with Gasteiger partial charge in [0, 0.05) is 36.4 Å². The highest BCUT2D eigenvalue weighted by atomic mass is 16.2. The van der Waals surface area contributed by atoms with Gasteiger partial charge in [-0.2, -0.15) is 0 Å². The molecule has 4 heteroatoms. The predicted molar refractivity (Wildman–Crippen MR) is 104 cm³/mol. The topological polar surface area (TPSA) is 46.1 Å². The highest BCUT2D eigenvalue weighted by molar-refractivity contribution is 6.07. The SMILES string of the molecule is CN(C(=O)c1cc(-c2cccnc2)nc2ccccc12)C1CCCCC1. The van der Waals surface area contributed by atoms with Gasteiger partial charge in [-0.25, -0.2) is 4.98 Å². The van der Waals surface area contributed by atoms with E-state index in [1.165, 1.54) is 19.3 Å². The van der Waals surface area contributed by atoms with E-state index in [0.717, 1.165) is 40.6 Å². The summed E-state index contributed by atoms with van der Waals surface area (Å²) in [4.78, 5) is 24.2. The van der Waals surface area contributed by atoms with Gasteiger partial charge < -0.3 is 4.90 Å². The fourth-order valence-corrected chi connectivity index (χ4v) is 3.84. The van der Waals surface area contributed by atoms with Gasteiger partial charge in [0.2, 0.25) is 0 Å². The van der Waals surface area contributed by atoms with Crippen molar-refractivity contribution in [3.05, 3.63) is 60.4 Å². The molecule has 1 amide bonds. The lowest BCUT2D eigenvalue weighted by atomic mass is 9.93. The molecular formula is C22H23N3O. The van der Waals surface area contributed by atoms with Crippen molar-refractivity contribution in [3.8, 4) is 11.3 Å². The number of hydrogen-bond donors (Lipinski definition) is 0. The van der Waals surface area contributed by atoms with Gasteiger partial charge in [0.05, 0.1) is 16.8 Å². The fraction of sp³-hybridized carbons (Fsp3) is 0.318. The quantitative estimate of drug-likeness (QED) is 0.691. The first kappa shape index (κ1) is 16.7. The maximum Gasteiger partial charge on any atom is 0.254 e. The van der Waals surface area contributed by atoms with Crippen LogP contribution in [0.3, 0.4) is 0 Å². The number of fused-ring (bicyclic) bond motifs is 1. The molecule has 4 rings (SSSR count). The Labute approximate surface area is 153 Å². The number of benzene rings is 1. The number of rotatable bonds is 3. The zero-order valence-corrected chi connectivity index (χ0v) is 15.1. The number of hydrogen-bond acceptors (Lipinski definition) is 3. The van der Waals surface area contributed by atoms with Gasteiger partial charge in [-0.05, 0) is 37.1 Å². The summed E-state index contributed by atoms with van der Waals surface area (Å²) < 4.78 is 0. The largest absolute Gasteiger partial charge is 0.339 e. The van der Waals surface area contributed by atoms with Crippen LogP contribution in [0.2, 0.25) is 0 Å². The molecule has 1 fully saturated rings. The van der Waals surface area contributed by atoms with Crippen LogP contribution in [-0.2, 0) is 0 Å². The Balaban J connectivity index is 1.78. The van der Waals surface area contributed by atoms with E-state index in [1.54, 1.807) is 12.4 Å². The smallest absolute Gasteiger partial charge is 0.254 e. The van der Waals surface area contributed by atoms with Crippen LogP contribution in [0.5, 0.6) is 0 Å². The summed E-state index contributed by atoms with van der Waals surface area (Å²) in [5, 5.41) is 0.910. The molecular weight excluding hydrogens is 322 g/mol. The van der Waals surface area contributed by atoms with Crippen molar-refractivity contribution in [3.63, 3.8) is 0 Å². The van der Waals surface area contributed by atoms with Gasteiger partial charge in [0.1, 0.15) is 0 Å². The van der Waals surface area contributed by atoms with Crippen molar-refractivity contribution in [1.29, 1.82) is 0 Å². The first-order chi connectivity index (χ1) is 12.7. The van der Waals surface area contributed by atoms with Crippen molar-refractivity contribution in [1.82, 2.24) is 14.9 Å². The summed E-state index contributed by atoms with van der Waals surface area (Å²) in [5.41, 5.74) is 3.28. The van der Waals surface area contributed by atoms with Crippen LogP contribution in [0.25, 0.3) is 22.2 Å². The molecule has 0 aliphatic heterocycles. The third-order valence-corrected chi connectivity index (χ3v) is 5.35. The van der Waals surface area contributed by atoms with E-state index in [-0.39, 0.29) is 5.91 Å². The van der Waals surface area contributed by atoms with Crippen LogP contribution < -0.4 is 0 Å². The Kier molecular flexibility index (Phi) is 4.65. The Hall–Kier alpha value is -2.75. The highest BCUT2D eigenvalue weighted by Gasteiger charge is 2.24. The molecule has 1 aromatic carbocycles. The molecule has 2 heterocycles. The van der Waals surface area contributed by atoms with Crippen LogP contribution in [-0.4, -0.2) is 33.9 Å². The van der Waals surface area contributed by atoms with Crippen molar-refractivity contribution in [2.75, 3.05) is 7.05 Å². The molecule has 0 radical (unpaired) electrons. The van der Waals surface area contributed by atoms with Gasteiger partial charge in [0.25, 0.3) is 5.91 Å². The molecule has 26 heavy (non-hydrogen) atoms. The number of para-hydroxylation sites is 1. The fourth-order valence-electron chi connectivity index (χ4n) is 3.84. The van der Waals surface area contributed by atoms with E-state index in [9.17, 15) is 4.79 Å². The Bertz CT molecular complexity index is 917. The summed E-state index contributed by atoms with van der Waals surface area (Å²) in [6.45, 7) is 0. The number of nitrogens with zero attached hydrogens (tertiary/aromatic N) is 3. The Morgan fingerprint density at radius 3 is 2.65 bits per heavy atom. The van der Waals surface area contributed by atoms with Crippen molar-refractivity contribution in [2.24, 2.45) is 0 Å². The van der Waals surface area contributed by atoms with E-state index in [4.69, 9.17) is 4.98 Å². The maximum absolute atomic E-state index is 13.3. The number of pyridine rings is 2. The van der Waals surface area contributed by atoms with Crippen LogP contribution in [0.15, 0.2) is 54.9 Å². The molecule has 0 saturated heterocycles. The number of carbonyl (C=O) groups excluding carboxylic acids is 1. The van der Waals surface area contributed by atoms with Crippen molar-refractivity contribution in [2.45, 2.75) is 38.1 Å². The summed E-state index contributed by atoms with van der Waals surface area (Å²) >= 11 is 0. The summed E-state index contributed by atoms with van der Waals surface area (Å²) in [6.07, 6.45) is 9.42. The first-order valence-corrected chi connectivity index (χ1v) is 9.31. The third kappa shape index (κ3) is 3.19. The average Bonchev–Trinajstić information content (AvgIpc) is 2.73. The zero-order valence-electron chi connectivity index (χ0n) is 15.1. The van der Waals surface area contributed by atoms with E-state index in [0.29, 0.717) is 6.04 Å². The van der Waals surface area contributed by atoms with Gasteiger partial charge in [-0.1, -0.05) is 37.5 Å². The second-order valence-corrected chi connectivity index (χ2v) is 7.02. The summed E-state index contributed by atoms with van der Waals surface area (Å²) in [7, 11) is 1.94. The van der Waals surface area contributed by atoms with Gasteiger partial charge in [-0.3, -0.25) is 9.78 Å². The molecule has 0 atom stereocenters. The number of carbonyl (C=O) groups is 1. The molecule has 2 aromatic heterocycles. The molecule has 3 aromatic rings. The van der Waals surface area contributed by atoms with Crippen LogP contribution >= 0.6 is 0 Å². The lowest BCUT2D eigenvalue weighted by Gasteiger charge is -2.31. The van der Waals surface area contributed by atoms with Gasteiger partial charge >= 0.3 is 0 Å². The summed E-state index contributed by atoms with van der Waals surface area (Å²) in [5.74, 6) is 0.0839. The van der Waals surface area contributed by atoms with Crippen molar-refractivity contribution >= 4 is 16.8 Å². The van der Waals surface area contributed by atoms with Crippen LogP contribution in [0.1, 0.15) is 42.5 Å². The van der Waals surface area contributed by atoms with Crippen LogP contribution in [0.4, 0.5) is 0 Å². The van der Waals surface area contributed by atoms with E-state index < -0.39 is 0 Å². The average molecular weight is 345 g/mol. The molecule has 0 unspecified atom stereocenters. The maximum atomic E-state index is 13.3. The minimum Gasteiger partial charge on any atom is -0.339 e. The first-order valence-electron chi connectivity index (χ1n) is 9.31. The van der Waals surface area contributed by atoms with E-state index in [1.807, 2.05) is 54.4 Å².